The molecule has 0 saturated heterocycles. The molecule has 0 atom stereocenters. The molecule has 0 spiro atoms. The molecular weight excluding hydrogens is 380 g/mol. The van der Waals surface area contributed by atoms with Crippen LogP contribution < -0.4 is 10.2 Å². The minimum absolute atomic E-state index is 0.116. The van der Waals surface area contributed by atoms with E-state index in [1.54, 1.807) is 12.1 Å². The van der Waals surface area contributed by atoms with Crippen LogP contribution in [0.2, 0.25) is 5.02 Å². The van der Waals surface area contributed by atoms with Crippen molar-refractivity contribution < 1.29 is 9.53 Å². The Hall–Kier alpha value is -1.85. The number of carbonyl (C=O) groups excluding carboxylic acids is 1. The molecule has 0 bridgehead atoms. The van der Waals surface area contributed by atoms with Crippen molar-refractivity contribution in [3.05, 3.63) is 62.6 Å². The molecule has 1 N–H and O–H groups in total. The van der Waals surface area contributed by atoms with Crippen LogP contribution in [0.15, 0.2) is 46.0 Å². The Morgan fingerprint density at radius 2 is 2.13 bits per heavy atom. The number of carbonyl (C=O) groups is 1. The van der Waals surface area contributed by atoms with Gasteiger partial charge in [-0.15, -0.1) is 0 Å². The summed E-state index contributed by atoms with van der Waals surface area (Å²) in [5.41, 5.74) is 5.31. The molecule has 0 heterocycles. The van der Waals surface area contributed by atoms with Crippen molar-refractivity contribution >= 4 is 39.7 Å². The first-order valence-electron chi connectivity index (χ1n) is 6.92. The van der Waals surface area contributed by atoms with Crippen LogP contribution in [0, 0.1) is 13.8 Å². The van der Waals surface area contributed by atoms with Crippen LogP contribution in [0.1, 0.15) is 16.7 Å². The molecule has 1 amide bonds. The van der Waals surface area contributed by atoms with Gasteiger partial charge in [-0.25, -0.2) is 5.43 Å². The van der Waals surface area contributed by atoms with E-state index in [1.165, 1.54) is 6.21 Å². The van der Waals surface area contributed by atoms with Gasteiger partial charge >= 0.3 is 0 Å². The second-order valence-electron chi connectivity index (χ2n) is 5.03. The maximum Gasteiger partial charge on any atom is 0.277 e. The van der Waals surface area contributed by atoms with Gasteiger partial charge in [0.05, 0.1) is 10.7 Å². The van der Waals surface area contributed by atoms with E-state index in [0.29, 0.717) is 10.8 Å². The SMILES string of the molecule is Cc1cc(C)c(OCC(=O)N/N=C\c2cccc(Cl)c2)c(Br)c1. The fourth-order valence-corrected chi connectivity index (χ4v) is 3.01. The fourth-order valence-electron chi connectivity index (χ4n) is 2.02. The van der Waals surface area contributed by atoms with Gasteiger partial charge < -0.3 is 4.74 Å². The van der Waals surface area contributed by atoms with E-state index in [-0.39, 0.29) is 12.5 Å². The molecule has 0 saturated carbocycles. The van der Waals surface area contributed by atoms with Gasteiger partial charge in [0.2, 0.25) is 0 Å². The van der Waals surface area contributed by atoms with Gasteiger partial charge in [0.1, 0.15) is 5.75 Å². The quantitative estimate of drug-likeness (QED) is 0.608. The fraction of sp³-hybridized carbons (Fsp3) is 0.176. The van der Waals surface area contributed by atoms with E-state index in [9.17, 15) is 4.79 Å². The lowest BCUT2D eigenvalue weighted by Crippen LogP contribution is -2.24. The van der Waals surface area contributed by atoms with Gasteiger partial charge in [-0.05, 0) is 64.7 Å². The molecule has 0 unspecified atom stereocenters. The predicted octanol–water partition coefficient (Wildman–Crippen LogP) is 4.25. The molecule has 0 aliphatic heterocycles. The lowest BCUT2D eigenvalue weighted by atomic mass is 10.1. The van der Waals surface area contributed by atoms with Gasteiger partial charge in [-0.3, -0.25) is 4.79 Å². The van der Waals surface area contributed by atoms with Gasteiger partial charge in [0, 0.05) is 5.02 Å². The van der Waals surface area contributed by atoms with Crippen LogP contribution in [0.25, 0.3) is 0 Å². The van der Waals surface area contributed by atoms with Gasteiger partial charge in [-0.1, -0.05) is 29.8 Å². The average molecular weight is 396 g/mol. The molecule has 2 aromatic carbocycles. The highest BCUT2D eigenvalue weighted by Gasteiger charge is 2.08. The molecule has 2 aromatic rings. The summed E-state index contributed by atoms with van der Waals surface area (Å²) in [4.78, 5) is 11.8. The summed E-state index contributed by atoms with van der Waals surface area (Å²) in [6.07, 6.45) is 1.52. The Kier molecular flexibility index (Phi) is 6.19. The maximum absolute atomic E-state index is 11.8. The van der Waals surface area contributed by atoms with Crippen molar-refractivity contribution in [1.82, 2.24) is 5.43 Å². The Morgan fingerprint density at radius 1 is 1.35 bits per heavy atom. The lowest BCUT2D eigenvalue weighted by molar-refractivity contribution is -0.123. The summed E-state index contributed by atoms with van der Waals surface area (Å²) >= 11 is 9.31. The summed E-state index contributed by atoms with van der Waals surface area (Å²) in [5, 5.41) is 4.49. The third kappa shape index (κ3) is 5.37. The Labute approximate surface area is 148 Å². The number of benzene rings is 2. The number of amides is 1. The molecular formula is C17H16BrClN2O2. The standard InChI is InChI=1S/C17H16BrClN2O2/c1-11-6-12(2)17(15(18)7-11)23-10-16(22)21-20-9-13-4-3-5-14(19)8-13/h3-9H,10H2,1-2H3,(H,21,22)/b20-9-. The first-order valence-corrected chi connectivity index (χ1v) is 8.10. The highest BCUT2D eigenvalue weighted by Crippen LogP contribution is 2.30. The highest BCUT2D eigenvalue weighted by molar-refractivity contribution is 9.10. The average Bonchev–Trinajstić information content (AvgIpc) is 2.46. The lowest BCUT2D eigenvalue weighted by Gasteiger charge is -2.11. The van der Waals surface area contributed by atoms with E-state index in [0.717, 1.165) is 21.2 Å². The second kappa shape index (κ2) is 8.13. The largest absolute Gasteiger partial charge is 0.482 e. The molecule has 2 rings (SSSR count). The first kappa shape index (κ1) is 17.5. The third-order valence-corrected chi connectivity index (χ3v) is 3.80. The van der Waals surface area contributed by atoms with Gasteiger partial charge in [-0.2, -0.15) is 5.10 Å². The number of halogens is 2. The summed E-state index contributed by atoms with van der Waals surface area (Å²) in [7, 11) is 0. The number of aryl methyl sites for hydroxylation is 2. The monoisotopic (exact) mass is 394 g/mol. The van der Waals surface area contributed by atoms with Crippen molar-refractivity contribution in [2.45, 2.75) is 13.8 Å². The summed E-state index contributed by atoms with van der Waals surface area (Å²) in [5.74, 6) is 0.319. The summed E-state index contributed by atoms with van der Waals surface area (Å²) in [6.45, 7) is 3.82. The van der Waals surface area contributed by atoms with E-state index in [1.807, 2.05) is 38.1 Å². The highest BCUT2D eigenvalue weighted by atomic mass is 79.9. The third-order valence-electron chi connectivity index (χ3n) is 2.97. The Balaban J connectivity index is 1.88. The van der Waals surface area contributed by atoms with Crippen molar-refractivity contribution in [1.29, 1.82) is 0 Å². The van der Waals surface area contributed by atoms with E-state index < -0.39 is 0 Å². The zero-order valence-electron chi connectivity index (χ0n) is 12.8. The van der Waals surface area contributed by atoms with Gasteiger partial charge in [0.25, 0.3) is 5.91 Å². The molecule has 0 aromatic heterocycles. The van der Waals surface area contributed by atoms with Crippen LogP contribution in [-0.2, 0) is 4.79 Å². The van der Waals surface area contributed by atoms with Crippen molar-refractivity contribution in [2.24, 2.45) is 5.10 Å². The maximum atomic E-state index is 11.8. The topological polar surface area (TPSA) is 50.7 Å². The van der Waals surface area contributed by atoms with Crippen LogP contribution in [0.3, 0.4) is 0 Å². The zero-order chi connectivity index (χ0) is 16.8. The van der Waals surface area contributed by atoms with Crippen LogP contribution in [-0.4, -0.2) is 18.7 Å². The molecule has 0 aliphatic rings. The van der Waals surface area contributed by atoms with Crippen molar-refractivity contribution in [3.8, 4) is 5.75 Å². The molecule has 4 nitrogen and oxygen atoms in total. The second-order valence-corrected chi connectivity index (χ2v) is 6.32. The molecule has 6 heteroatoms. The minimum atomic E-state index is -0.338. The van der Waals surface area contributed by atoms with Crippen molar-refractivity contribution in [2.75, 3.05) is 6.61 Å². The first-order chi connectivity index (χ1) is 11.0. The van der Waals surface area contributed by atoms with Crippen LogP contribution >= 0.6 is 27.5 Å². The van der Waals surface area contributed by atoms with E-state index in [2.05, 4.69) is 26.5 Å². The number of hydrogen-bond donors (Lipinski definition) is 1. The van der Waals surface area contributed by atoms with Crippen LogP contribution in [0.5, 0.6) is 5.75 Å². The minimum Gasteiger partial charge on any atom is -0.482 e. The number of nitrogens with one attached hydrogen (secondary N) is 1. The summed E-state index contributed by atoms with van der Waals surface area (Å²) < 4.78 is 6.38. The molecule has 0 fully saturated rings. The molecule has 0 aliphatic carbocycles. The summed E-state index contributed by atoms with van der Waals surface area (Å²) in [6, 6.07) is 11.1. The number of rotatable bonds is 5. The van der Waals surface area contributed by atoms with E-state index in [4.69, 9.17) is 16.3 Å². The Bertz CT molecular complexity index is 724. The van der Waals surface area contributed by atoms with Gasteiger partial charge in [0.15, 0.2) is 6.61 Å². The smallest absolute Gasteiger partial charge is 0.277 e. The van der Waals surface area contributed by atoms with Crippen molar-refractivity contribution in [3.63, 3.8) is 0 Å². The number of hydrogen-bond acceptors (Lipinski definition) is 3. The molecule has 120 valence electrons. The normalized spacial score (nSPS) is 10.8. The number of nitrogens with zero attached hydrogens (tertiary/aromatic N) is 1. The molecule has 0 radical (unpaired) electrons. The molecule has 23 heavy (non-hydrogen) atoms. The van der Waals surface area contributed by atoms with Crippen LogP contribution in [0.4, 0.5) is 0 Å². The number of hydrazone groups is 1. The Morgan fingerprint density at radius 3 is 2.83 bits per heavy atom. The predicted molar refractivity (Wildman–Crippen MR) is 96.3 cm³/mol. The van der Waals surface area contributed by atoms with E-state index >= 15 is 0 Å². The zero-order valence-corrected chi connectivity index (χ0v) is 15.1. The number of ether oxygens (including phenoxy) is 1.